The van der Waals surface area contributed by atoms with E-state index in [1.807, 2.05) is 19.1 Å². The Balaban J connectivity index is 2.08. The first-order chi connectivity index (χ1) is 9.76. The minimum atomic E-state index is -0.162. The molecule has 0 spiro atoms. The topological polar surface area (TPSA) is 75.6 Å². The van der Waals surface area contributed by atoms with E-state index in [2.05, 4.69) is 27.4 Å². The summed E-state index contributed by atoms with van der Waals surface area (Å²) < 4.78 is 1.63. The van der Waals surface area contributed by atoms with Gasteiger partial charge in [-0.05, 0) is 19.4 Å². The van der Waals surface area contributed by atoms with Crippen molar-refractivity contribution >= 4 is 17.6 Å². The monoisotopic (exact) mass is 293 g/mol. The van der Waals surface area contributed by atoms with Crippen molar-refractivity contribution < 1.29 is 0 Å². The van der Waals surface area contributed by atoms with Gasteiger partial charge in [-0.1, -0.05) is 24.8 Å². The molecule has 7 heteroatoms. The summed E-state index contributed by atoms with van der Waals surface area (Å²) in [5.41, 5.74) is 0.953. The molecule has 2 aromatic rings. The lowest BCUT2D eigenvalue weighted by atomic mass is 10.3. The van der Waals surface area contributed by atoms with Crippen LogP contribution < -0.4 is 11.0 Å². The number of nitrogens with zero attached hydrogens (tertiary/aromatic N) is 3. The highest BCUT2D eigenvalue weighted by atomic mass is 32.2. The van der Waals surface area contributed by atoms with E-state index in [1.54, 1.807) is 10.8 Å². The van der Waals surface area contributed by atoms with Crippen molar-refractivity contribution in [2.24, 2.45) is 0 Å². The highest BCUT2D eigenvalue weighted by molar-refractivity contribution is 7.98. The zero-order valence-electron chi connectivity index (χ0n) is 11.7. The van der Waals surface area contributed by atoms with Crippen LogP contribution in [-0.2, 0) is 12.3 Å². The lowest BCUT2D eigenvalue weighted by Crippen LogP contribution is -2.16. The van der Waals surface area contributed by atoms with Gasteiger partial charge in [-0.25, -0.2) is 14.9 Å². The fourth-order valence-electron chi connectivity index (χ4n) is 1.79. The first-order valence-electron chi connectivity index (χ1n) is 6.72. The Morgan fingerprint density at radius 1 is 1.45 bits per heavy atom. The molecule has 0 aliphatic heterocycles. The van der Waals surface area contributed by atoms with Crippen molar-refractivity contribution in [3.63, 3.8) is 0 Å². The molecule has 0 aliphatic carbocycles. The van der Waals surface area contributed by atoms with Crippen molar-refractivity contribution in [2.45, 2.75) is 37.7 Å². The Hall–Kier alpha value is -1.76. The second kappa shape index (κ2) is 7.14. The Kier molecular flexibility index (Phi) is 5.23. The molecule has 0 aliphatic rings. The van der Waals surface area contributed by atoms with Crippen LogP contribution in [0.15, 0.2) is 28.3 Å². The number of pyridine rings is 1. The summed E-state index contributed by atoms with van der Waals surface area (Å²) >= 11 is 1.53. The molecule has 0 unspecified atom stereocenters. The van der Waals surface area contributed by atoms with Gasteiger partial charge in [0.1, 0.15) is 5.82 Å². The smallest absolute Gasteiger partial charge is 0.343 e. The fourth-order valence-corrected chi connectivity index (χ4v) is 2.79. The minimum absolute atomic E-state index is 0.162. The summed E-state index contributed by atoms with van der Waals surface area (Å²) in [6.45, 7) is 5.57. The maximum atomic E-state index is 11.5. The summed E-state index contributed by atoms with van der Waals surface area (Å²) in [5.74, 6) is 1.63. The number of hydrogen-bond acceptors (Lipinski definition) is 5. The van der Waals surface area contributed by atoms with E-state index in [0.29, 0.717) is 11.7 Å². The number of aromatic amines is 1. The van der Waals surface area contributed by atoms with Crippen molar-refractivity contribution in [3.8, 4) is 0 Å². The molecule has 2 heterocycles. The Labute approximate surface area is 122 Å². The van der Waals surface area contributed by atoms with Gasteiger partial charge in [0.25, 0.3) is 0 Å². The van der Waals surface area contributed by atoms with Gasteiger partial charge >= 0.3 is 5.69 Å². The Morgan fingerprint density at radius 3 is 3.05 bits per heavy atom. The van der Waals surface area contributed by atoms with Gasteiger partial charge in [-0.3, -0.25) is 4.57 Å². The van der Waals surface area contributed by atoms with E-state index in [4.69, 9.17) is 0 Å². The molecular formula is C13H19N5OS. The van der Waals surface area contributed by atoms with E-state index < -0.39 is 0 Å². The molecule has 0 aromatic carbocycles. The van der Waals surface area contributed by atoms with Crippen LogP contribution in [0.1, 0.15) is 25.8 Å². The molecule has 0 bridgehead atoms. The molecule has 2 aromatic heterocycles. The van der Waals surface area contributed by atoms with Crippen LogP contribution in [-0.4, -0.2) is 26.3 Å². The van der Waals surface area contributed by atoms with Crippen molar-refractivity contribution in [1.82, 2.24) is 19.7 Å². The molecule has 20 heavy (non-hydrogen) atoms. The average Bonchev–Trinajstić information content (AvgIpc) is 2.83. The van der Waals surface area contributed by atoms with Gasteiger partial charge in [0.15, 0.2) is 5.16 Å². The quantitative estimate of drug-likeness (QED) is 0.765. The van der Waals surface area contributed by atoms with Gasteiger partial charge in [-0.2, -0.15) is 0 Å². The van der Waals surface area contributed by atoms with Crippen LogP contribution in [0.25, 0.3) is 0 Å². The van der Waals surface area contributed by atoms with E-state index in [0.717, 1.165) is 30.1 Å². The minimum Gasteiger partial charge on any atom is -0.370 e. The van der Waals surface area contributed by atoms with Crippen LogP contribution in [0, 0.1) is 0 Å². The Morgan fingerprint density at radius 2 is 2.30 bits per heavy atom. The molecule has 2 N–H and O–H groups in total. The molecule has 2 rings (SSSR count). The number of anilines is 1. The second-order valence-electron chi connectivity index (χ2n) is 4.28. The maximum Gasteiger partial charge on any atom is 0.343 e. The van der Waals surface area contributed by atoms with E-state index in [1.165, 1.54) is 11.8 Å². The van der Waals surface area contributed by atoms with Crippen molar-refractivity contribution in [3.05, 3.63) is 34.4 Å². The zero-order valence-corrected chi connectivity index (χ0v) is 12.5. The van der Waals surface area contributed by atoms with Gasteiger partial charge in [0.2, 0.25) is 0 Å². The van der Waals surface area contributed by atoms with Crippen LogP contribution in [0.3, 0.4) is 0 Å². The molecule has 0 atom stereocenters. The third kappa shape index (κ3) is 3.41. The fraction of sp³-hybridized carbons (Fsp3) is 0.462. The third-order valence-electron chi connectivity index (χ3n) is 2.83. The van der Waals surface area contributed by atoms with E-state index in [9.17, 15) is 4.79 Å². The summed E-state index contributed by atoms with van der Waals surface area (Å²) in [6.07, 6.45) is 2.83. The van der Waals surface area contributed by atoms with E-state index in [-0.39, 0.29) is 5.69 Å². The van der Waals surface area contributed by atoms with Crippen LogP contribution in [0.5, 0.6) is 0 Å². The van der Waals surface area contributed by atoms with E-state index >= 15 is 0 Å². The Bertz CT molecular complexity index is 607. The molecule has 108 valence electrons. The number of nitrogens with one attached hydrogen (secondary N) is 2. The predicted octanol–water partition coefficient (Wildman–Crippen LogP) is 2.10. The molecular weight excluding hydrogens is 274 g/mol. The van der Waals surface area contributed by atoms with Crippen LogP contribution in [0.2, 0.25) is 0 Å². The molecule has 0 saturated heterocycles. The van der Waals surface area contributed by atoms with Crippen LogP contribution >= 0.6 is 11.8 Å². The molecule has 0 amide bonds. The zero-order chi connectivity index (χ0) is 14.4. The molecule has 0 radical (unpaired) electrons. The lowest BCUT2D eigenvalue weighted by molar-refractivity contribution is 0.660. The summed E-state index contributed by atoms with van der Waals surface area (Å²) in [5, 5.41) is 10.5. The van der Waals surface area contributed by atoms with Crippen molar-refractivity contribution in [2.75, 3.05) is 11.9 Å². The average molecular weight is 293 g/mol. The SMILES string of the molecule is CCCNc1ncccc1CSc1n[nH]c(=O)n1CC. The standard InChI is InChI=1S/C13H19N5OS/c1-3-7-14-11-10(6-5-8-15-11)9-20-13-17-16-12(19)18(13)4-2/h5-6,8H,3-4,7,9H2,1-2H3,(H,14,15)(H,16,19). The van der Waals surface area contributed by atoms with Crippen molar-refractivity contribution in [1.29, 1.82) is 0 Å². The molecule has 0 saturated carbocycles. The van der Waals surface area contributed by atoms with Gasteiger partial charge < -0.3 is 5.32 Å². The van der Waals surface area contributed by atoms with Crippen LogP contribution in [0.4, 0.5) is 5.82 Å². The largest absolute Gasteiger partial charge is 0.370 e. The summed E-state index contributed by atoms with van der Waals surface area (Å²) in [6, 6.07) is 3.96. The number of rotatable bonds is 7. The van der Waals surface area contributed by atoms with Gasteiger partial charge in [0, 0.05) is 30.6 Å². The number of aromatic nitrogens is 4. The molecule has 0 fully saturated rings. The normalized spacial score (nSPS) is 10.7. The highest BCUT2D eigenvalue weighted by Crippen LogP contribution is 2.23. The number of hydrogen-bond donors (Lipinski definition) is 2. The van der Waals surface area contributed by atoms with Gasteiger partial charge in [0.05, 0.1) is 0 Å². The number of thioether (sulfide) groups is 1. The predicted molar refractivity (Wildman–Crippen MR) is 81.1 cm³/mol. The molecule has 6 nitrogen and oxygen atoms in total. The first-order valence-corrected chi connectivity index (χ1v) is 7.70. The summed E-state index contributed by atoms with van der Waals surface area (Å²) in [4.78, 5) is 15.9. The van der Waals surface area contributed by atoms with Gasteiger partial charge in [-0.15, -0.1) is 5.10 Å². The number of H-pyrrole nitrogens is 1. The third-order valence-corrected chi connectivity index (χ3v) is 3.86. The first kappa shape index (κ1) is 14.6. The highest BCUT2D eigenvalue weighted by Gasteiger charge is 2.09. The second-order valence-corrected chi connectivity index (χ2v) is 5.22. The lowest BCUT2D eigenvalue weighted by Gasteiger charge is -2.09. The maximum absolute atomic E-state index is 11.5. The summed E-state index contributed by atoms with van der Waals surface area (Å²) in [7, 11) is 0.